The normalized spacial score (nSPS) is 32.7. The number of carboxylic acid groups (broad SMARTS) is 2. The highest BCUT2D eigenvalue weighted by atomic mass is 16.4. The molecular weight excluding hydrogens is 190 g/mol. The number of hydrogen-bond donors (Lipinski definition) is 3. The lowest BCUT2D eigenvalue weighted by molar-refractivity contribution is -0.169. The lowest BCUT2D eigenvalue weighted by Crippen LogP contribution is -2.56. The van der Waals surface area contributed by atoms with Crippen molar-refractivity contribution in [2.75, 3.05) is 13.1 Å². The maximum Gasteiger partial charge on any atom is 0.407 e. The second-order valence-corrected chi connectivity index (χ2v) is 3.61. The Labute approximate surface area is 80.8 Å². The van der Waals surface area contributed by atoms with Crippen LogP contribution in [0.2, 0.25) is 0 Å². The van der Waals surface area contributed by atoms with Crippen molar-refractivity contribution in [3.8, 4) is 0 Å². The minimum absolute atomic E-state index is 0.0537. The van der Waals surface area contributed by atoms with Gasteiger partial charge in [-0.1, -0.05) is 6.92 Å². The zero-order valence-electron chi connectivity index (χ0n) is 7.80. The molecule has 0 bridgehead atoms. The monoisotopic (exact) mass is 203 g/mol. The topological polar surface area (TPSA) is 98.1 Å². The molecule has 1 rings (SSSR count). The van der Waals surface area contributed by atoms with E-state index < -0.39 is 23.6 Å². The number of carbonyl (C=O) groups is 2. The number of hydrogen-bond acceptors (Lipinski definition) is 3. The molecule has 2 atom stereocenters. The molecule has 14 heavy (non-hydrogen) atoms. The highest BCUT2D eigenvalue weighted by Crippen LogP contribution is 2.27. The van der Waals surface area contributed by atoms with E-state index in [1.54, 1.807) is 0 Å². The molecule has 1 aliphatic rings. The van der Waals surface area contributed by atoms with Gasteiger partial charge < -0.3 is 20.2 Å². The van der Waals surface area contributed by atoms with Crippen molar-refractivity contribution in [3.63, 3.8) is 0 Å². The third-order valence-electron chi connectivity index (χ3n) is 2.71. The first-order valence-electron chi connectivity index (χ1n) is 4.31. The molecule has 1 saturated heterocycles. The predicted octanol–water partition coefficient (Wildman–Crippen LogP) is -0.178. The van der Waals surface area contributed by atoms with E-state index >= 15 is 0 Å². The average Bonchev–Trinajstić information content (AvgIpc) is 2.09. The van der Waals surface area contributed by atoms with Crippen LogP contribution < -0.4 is 0 Å². The van der Waals surface area contributed by atoms with E-state index in [0.717, 1.165) is 4.90 Å². The molecule has 0 aromatic rings. The van der Waals surface area contributed by atoms with Crippen LogP contribution in [0.1, 0.15) is 13.3 Å². The number of likely N-dealkylation sites (tertiary alicyclic amines) is 1. The number of nitrogens with zero attached hydrogens (tertiary/aromatic N) is 1. The summed E-state index contributed by atoms with van der Waals surface area (Å²) in [6.45, 7) is 1.64. The fourth-order valence-electron chi connectivity index (χ4n) is 1.62. The number of piperidine rings is 1. The third-order valence-corrected chi connectivity index (χ3v) is 2.71. The van der Waals surface area contributed by atoms with Gasteiger partial charge in [-0.25, -0.2) is 9.59 Å². The maximum atomic E-state index is 10.7. The lowest BCUT2D eigenvalue weighted by atomic mass is 9.82. The van der Waals surface area contributed by atoms with Crippen LogP contribution in [-0.4, -0.2) is 51.0 Å². The summed E-state index contributed by atoms with van der Waals surface area (Å²) in [7, 11) is 0. The summed E-state index contributed by atoms with van der Waals surface area (Å²) in [5.74, 6) is -1.88. The van der Waals surface area contributed by atoms with E-state index in [1.807, 2.05) is 0 Å². The van der Waals surface area contributed by atoms with E-state index in [-0.39, 0.29) is 19.5 Å². The fraction of sp³-hybridized carbons (Fsp3) is 0.750. The molecule has 0 spiro atoms. The van der Waals surface area contributed by atoms with Crippen LogP contribution in [0, 0.1) is 5.92 Å². The van der Waals surface area contributed by atoms with Crippen molar-refractivity contribution in [2.24, 2.45) is 5.92 Å². The molecule has 6 heteroatoms. The van der Waals surface area contributed by atoms with Crippen molar-refractivity contribution in [1.29, 1.82) is 0 Å². The molecule has 6 nitrogen and oxygen atoms in total. The van der Waals surface area contributed by atoms with Crippen LogP contribution in [0.5, 0.6) is 0 Å². The van der Waals surface area contributed by atoms with Gasteiger partial charge in [-0.2, -0.15) is 0 Å². The van der Waals surface area contributed by atoms with Crippen molar-refractivity contribution < 1.29 is 24.9 Å². The van der Waals surface area contributed by atoms with Gasteiger partial charge in [0, 0.05) is 25.4 Å². The van der Waals surface area contributed by atoms with Crippen LogP contribution in [0.15, 0.2) is 0 Å². The van der Waals surface area contributed by atoms with E-state index in [0.29, 0.717) is 0 Å². The summed E-state index contributed by atoms with van der Waals surface area (Å²) in [5, 5.41) is 27.1. The van der Waals surface area contributed by atoms with Gasteiger partial charge in [-0.15, -0.1) is 0 Å². The van der Waals surface area contributed by atoms with Gasteiger partial charge in [0.25, 0.3) is 0 Å². The molecular formula is C8H13NO5. The van der Waals surface area contributed by atoms with Crippen molar-refractivity contribution in [1.82, 2.24) is 4.90 Å². The highest BCUT2D eigenvalue weighted by molar-refractivity contribution is 5.78. The predicted molar refractivity (Wildman–Crippen MR) is 46.0 cm³/mol. The van der Waals surface area contributed by atoms with Crippen LogP contribution in [0.4, 0.5) is 4.79 Å². The molecule has 1 aliphatic heterocycles. The fourth-order valence-corrected chi connectivity index (χ4v) is 1.62. The Hall–Kier alpha value is -1.30. The summed E-state index contributed by atoms with van der Waals surface area (Å²) < 4.78 is 0. The molecule has 0 saturated carbocycles. The van der Waals surface area contributed by atoms with E-state index in [4.69, 9.17) is 10.2 Å². The standard InChI is InChI=1S/C8H13NO5/c1-5-4-9(7(12)13)3-2-8(5,14)6(10)11/h5,14H,2-4H2,1H3,(H,10,11)(H,12,13). The molecule has 1 heterocycles. The molecule has 0 aromatic carbocycles. The van der Waals surface area contributed by atoms with E-state index in [9.17, 15) is 14.7 Å². The summed E-state index contributed by atoms with van der Waals surface area (Å²) in [5.41, 5.74) is -1.79. The molecule has 0 radical (unpaired) electrons. The molecule has 0 aliphatic carbocycles. The molecule has 1 amide bonds. The number of aliphatic hydroxyl groups is 1. The van der Waals surface area contributed by atoms with E-state index in [2.05, 4.69) is 0 Å². The summed E-state index contributed by atoms with van der Waals surface area (Å²) >= 11 is 0. The molecule has 3 N–H and O–H groups in total. The van der Waals surface area contributed by atoms with Gasteiger partial charge in [0.2, 0.25) is 0 Å². The number of aliphatic carboxylic acids is 1. The van der Waals surface area contributed by atoms with Crippen LogP contribution in [-0.2, 0) is 4.79 Å². The van der Waals surface area contributed by atoms with Gasteiger partial charge in [-0.3, -0.25) is 0 Å². The Morgan fingerprint density at radius 3 is 2.36 bits per heavy atom. The Morgan fingerprint density at radius 1 is 1.43 bits per heavy atom. The minimum Gasteiger partial charge on any atom is -0.479 e. The summed E-state index contributed by atoms with van der Waals surface area (Å²) in [4.78, 5) is 22.4. The quantitative estimate of drug-likeness (QED) is 0.549. The molecule has 2 unspecified atom stereocenters. The molecule has 0 aromatic heterocycles. The summed E-state index contributed by atoms with van der Waals surface area (Å²) in [6, 6.07) is 0. The second kappa shape index (κ2) is 3.45. The zero-order chi connectivity index (χ0) is 10.9. The van der Waals surface area contributed by atoms with Crippen LogP contribution >= 0.6 is 0 Å². The van der Waals surface area contributed by atoms with Gasteiger partial charge in [-0.05, 0) is 0 Å². The maximum absolute atomic E-state index is 10.7. The number of rotatable bonds is 1. The smallest absolute Gasteiger partial charge is 0.407 e. The van der Waals surface area contributed by atoms with Gasteiger partial charge in [0.1, 0.15) is 0 Å². The zero-order valence-corrected chi connectivity index (χ0v) is 7.80. The summed E-state index contributed by atoms with van der Waals surface area (Å²) in [6.07, 6.45) is -1.14. The first-order chi connectivity index (χ1) is 6.38. The van der Waals surface area contributed by atoms with Crippen LogP contribution in [0.3, 0.4) is 0 Å². The minimum atomic E-state index is -1.79. The van der Waals surface area contributed by atoms with Crippen molar-refractivity contribution >= 4 is 12.1 Å². The SMILES string of the molecule is CC1CN(C(=O)O)CCC1(O)C(=O)O. The van der Waals surface area contributed by atoms with Gasteiger partial charge in [0.05, 0.1) is 0 Å². The highest BCUT2D eigenvalue weighted by Gasteiger charge is 2.46. The van der Waals surface area contributed by atoms with Crippen LogP contribution in [0.25, 0.3) is 0 Å². The first kappa shape index (κ1) is 10.8. The lowest BCUT2D eigenvalue weighted by Gasteiger charge is -2.39. The van der Waals surface area contributed by atoms with Crippen molar-refractivity contribution in [2.45, 2.75) is 18.9 Å². The van der Waals surface area contributed by atoms with Gasteiger partial charge >= 0.3 is 12.1 Å². The Bertz CT molecular complexity index is 266. The number of amides is 1. The van der Waals surface area contributed by atoms with E-state index in [1.165, 1.54) is 6.92 Å². The Kier molecular flexibility index (Phi) is 2.66. The average molecular weight is 203 g/mol. The van der Waals surface area contributed by atoms with Gasteiger partial charge in [0.15, 0.2) is 5.60 Å². The largest absolute Gasteiger partial charge is 0.479 e. The molecule has 1 fully saturated rings. The number of carboxylic acids is 1. The first-order valence-corrected chi connectivity index (χ1v) is 4.31. The third kappa shape index (κ3) is 1.65. The second-order valence-electron chi connectivity index (χ2n) is 3.61. The Morgan fingerprint density at radius 2 is 2.00 bits per heavy atom. The Balaban J connectivity index is 2.74. The molecule has 80 valence electrons. The van der Waals surface area contributed by atoms with Crippen molar-refractivity contribution in [3.05, 3.63) is 0 Å².